The van der Waals surface area contributed by atoms with E-state index >= 15 is 0 Å². The van der Waals surface area contributed by atoms with E-state index in [1.165, 1.54) is 19.3 Å². The van der Waals surface area contributed by atoms with Crippen molar-refractivity contribution in [3.8, 4) is 0 Å². The predicted octanol–water partition coefficient (Wildman–Crippen LogP) is 1.41. The Labute approximate surface area is 73.7 Å². The molecule has 2 N–H and O–H groups in total. The second-order valence-electron chi connectivity index (χ2n) is 3.40. The second-order valence-corrected chi connectivity index (χ2v) is 3.81. The summed E-state index contributed by atoms with van der Waals surface area (Å²) in [4.78, 5) is 0. The molecule has 1 aliphatic carbocycles. The van der Waals surface area contributed by atoms with Crippen molar-refractivity contribution in [2.24, 2.45) is 0 Å². The van der Waals surface area contributed by atoms with Gasteiger partial charge in [0.05, 0.1) is 0 Å². The van der Waals surface area contributed by atoms with Crippen molar-refractivity contribution < 1.29 is 0 Å². The van der Waals surface area contributed by atoms with Gasteiger partial charge in [0.25, 0.3) is 0 Å². The van der Waals surface area contributed by atoms with Crippen LogP contribution >= 0.6 is 12.2 Å². The minimum absolute atomic E-state index is 0.440. The zero-order valence-electron chi connectivity index (χ0n) is 7.18. The molecular weight excluding hydrogens is 156 g/mol. The smallest absolute Gasteiger partial charge is 0.166 e. The second kappa shape index (κ2) is 3.90. The SMILES string of the molecule is CC(C)NC(=S)NC1CCC1. The molecule has 1 fully saturated rings. The lowest BCUT2D eigenvalue weighted by molar-refractivity contribution is 0.381. The Morgan fingerprint density at radius 2 is 2.09 bits per heavy atom. The molecule has 2 nitrogen and oxygen atoms in total. The van der Waals surface area contributed by atoms with Gasteiger partial charge in [0.2, 0.25) is 0 Å². The van der Waals surface area contributed by atoms with E-state index in [1.807, 2.05) is 0 Å². The Hall–Kier alpha value is -0.310. The quantitative estimate of drug-likeness (QED) is 0.616. The Morgan fingerprint density at radius 3 is 2.45 bits per heavy atom. The highest BCUT2D eigenvalue weighted by Crippen LogP contribution is 2.17. The van der Waals surface area contributed by atoms with Gasteiger partial charge in [-0.25, -0.2) is 0 Å². The van der Waals surface area contributed by atoms with Crippen molar-refractivity contribution in [2.45, 2.75) is 45.2 Å². The van der Waals surface area contributed by atoms with Crippen LogP contribution in [0.1, 0.15) is 33.1 Å². The van der Waals surface area contributed by atoms with Gasteiger partial charge < -0.3 is 10.6 Å². The van der Waals surface area contributed by atoms with Crippen LogP contribution in [0, 0.1) is 0 Å². The molecule has 0 saturated heterocycles. The first-order valence-electron chi connectivity index (χ1n) is 4.25. The summed E-state index contributed by atoms with van der Waals surface area (Å²) in [6, 6.07) is 1.09. The van der Waals surface area contributed by atoms with Crippen LogP contribution in [0.15, 0.2) is 0 Å². The van der Waals surface area contributed by atoms with Gasteiger partial charge in [0.15, 0.2) is 5.11 Å². The monoisotopic (exact) mass is 172 g/mol. The molecule has 0 bridgehead atoms. The fraction of sp³-hybridized carbons (Fsp3) is 0.875. The summed E-state index contributed by atoms with van der Waals surface area (Å²) < 4.78 is 0. The zero-order valence-corrected chi connectivity index (χ0v) is 8.00. The van der Waals surface area contributed by atoms with Crippen molar-refractivity contribution in [1.82, 2.24) is 10.6 Å². The summed E-state index contributed by atoms with van der Waals surface area (Å²) in [5, 5.41) is 7.24. The van der Waals surface area contributed by atoms with Crippen LogP contribution in [0.4, 0.5) is 0 Å². The van der Waals surface area contributed by atoms with Crippen LogP contribution in [0.2, 0.25) is 0 Å². The van der Waals surface area contributed by atoms with Crippen molar-refractivity contribution in [3.63, 3.8) is 0 Å². The van der Waals surface area contributed by atoms with Gasteiger partial charge in [-0.1, -0.05) is 0 Å². The van der Waals surface area contributed by atoms with Gasteiger partial charge in [-0.3, -0.25) is 0 Å². The first-order valence-corrected chi connectivity index (χ1v) is 4.66. The molecule has 0 aromatic carbocycles. The molecular formula is C8H16N2S. The van der Waals surface area contributed by atoms with E-state index in [4.69, 9.17) is 12.2 Å². The average Bonchev–Trinajstić information content (AvgIpc) is 1.77. The maximum atomic E-state index is 5.08. The third kappa shape index (κ3) is 3.06. The third-order valence-corrected chi connectivity index (χ3v) is 2.10. The summed E-state index contributed by atoms with van der Waals surface area (Å²) in [7, 11) is 0. The van der Waals surface area contributed by atoms with Crippen LogP contribution in [0.3, 0.4) is 0 Å². The lowest BCUT2D eigenvalue weighted by Crippen LogP contribution is -2.46. The molecule has 1 aliphatic rings. The van der Waals surface area contributed by atoms with Crippen LogP contribution in [-0.4, -0.2) is 17.2 Å². The fourth-order valence-electron chi connectivity index (χ4n) is 1.04. The van der Waals surface area contributed by atoms with E-state index in [-0.39, 0.29) is 0 Å². The molecule has 0 aromatic heterocycles. The third-order valence-electron chi connectivity index (χ3n) is 1.86. The van der Waals surface area contributed by atoms with Gasteiger partial charge in [0, 0.05) is 12.1 Å². The molecule has 0 spiro atoms. The minimum Gasteiger partial charge on any atom is -0.361 e. The van der Waals surface area contributed by atoms with Crippen molar-refractivity contribution in [1.29, 1.82) is 0 Å². The molecule has 11 heavy (non-hydrogen) atoms. The maximum absolute atomic E-state index is 5.08. The predicted molar refractivity (Wildman–Crippen MR) is 51.6 cm³/mol. The molecule has 0 heterocycles. The van der Waals surface area contributed by atoms with E-state index in [1.54, 1.807) is 0 Å². The van der Waals surface area contributed by atoms with E-state index in [0.717, 1.165) is 5.11 Å². The number of thiocarbonyl (C=S) groups is 1. The highest BCUT2D eigenvalue weighted by Gasteiger charge is 2.17. The van der Waals surface area contributed by atoms with Crippen LogP contribution in [-0.2, 0) is 0 Å². The first kappa shape index (κ1) is 8.78. The lowest BCUT2D eigenvalue weighted by atomic mass is 9.93. The van der Waals surface area contributed by atoms with E-state index in [0.29, 0.717) is 12.1 Å². The topological polar surface area (TPSA) is 24.1 Å². The molecule has 0 atom stereocenters. The maximum Gasteiger partial charge on any atom is 0.166 e. The summed E-state index contributed by atoms with van der Waals surface area (Å²) in [6.07, 6.45) is 3.90. The van der Waals surface area contributed by atoms with Gasteiger partial charge in [0.1, 0.15) is 0 Å². The van der Waals surface area contributed by atoms with Crippen LogP contribution in [0.5, 0.6) is 0 Å². The highest BCUT2D eigenvalue weighted by atomic mass is 32.1. The van der Waals surface area contributed by atoms with Gasteiger partial charge >= 0.3 is 0 Å². The average molecular weight is 172 g/mol. The Morgan fingerprint density at radius 1 is 1.45 bits per heavy atom. The molecule has 0 aliphatic heterocycles. The summed E-state index contributed by atoms with van der Waals surface area (Å²) in [5.74, 6) is 0. The van der Waals surface area contributed by atoms with E-state index < -0.39 is 0 Å². The van der Waals surface area contributed by atoms with Crippen molar-refractivity contribution in [3.05, 3.63) is 0 Å². The molecule has 0 aromatic rings. The lowest BCUT2D eigenvalue weighted by Gasteiger charge is -2.28. The summed E-state index contributed by atoms with van der Waals surface area (Å²) in [6.45, 7) is 4.18. The molecule has 3 heteroatoms. The highest BCUT2D eigenvalue weighted by molar-refractivity contribution is 7.80. The molecule has 0 unspecified atom stereocenters. The summed E-state index contributed by atoms with van der Waals surface area (Å²) >= 11 is 5.08. The van der Waals surface area contributed by atoms with E-state index in [9.17, 15) is 0 Å². The Bertz CT molecular complexity index is 141. The fourth-order valence-corrected chi connectivity index (χ4v) is 1.44. The Balaban J connectivity index is 2.09. The molecule has 0 amide bonds. The largest absolute Gasteiger partial charge is 0.361 e. The molecule has 1 rings (SSSR count). The van der Waals surface area contributed by atoms with Gasteiger partial charge in [-0.05, 0) is 45.3 Å². The van der Waals surface area contributed by atoms with Crippen LogP contribution in [0.25, 0.3) is 0 Å². The van der Waals surface area contributed by atoms with Crippen LogP contribution < -0.4 is 10.6 Å². The molecule has 64 valence electrons. The first-order chi connectivity index (χ1) is 5.18. The molecule has 0 radical (unpaired) electrons. The van der Waals surface area contributed by atoms with Gasteiger partial charge in [-0.2, -0.15) is 0 Å². The zero-order chi connectivity index (χ0) is 8.27. The number of rotatable bonds is 2. The van der Waals surface area contributed by atoms with Crippen molar-refractivity contribution in [2.75, 3.05) is 0 Å². The Kier molecular flexibility index (Phi) is 3.12. The minimum atomic E-state index is 0.440. The number of hydrogen-bond donors (Lipinski definition) is 2. The molecule has 1 saturated carbocycles. The van der Waals surface area contributed by atoms with E-state index in [2.05, 4.69) is 24.5 Å². The van der Waals surface area contributed by atoms with Gasteiger partial charge in [-0.15, -0.1) is 0 Å². The number of hydrogen-bond acceptors (Lipinski definition) is 1. The summed E-state index contributed by atoms with van der Waals surface area (Å²) in [5.41, 5.74) is 0. The normalized spacial score (nSPS) is 17.7. The standard InChI is InChI=1S/C8H16N2S/c1-6(2)9-8(11)10-7-4-3-5-7/h6-7H,3-5H2,1-2H3,(H2,9,10,11). The number of nitrogens with one attached hydrogen (secondary N) is 2. The van der Waals surface area contributed by atoms with Crippen molar-refractivity contribution >= 4 is 17.3 Å².